The molecular weight excluding hydrogens is 224 g/mol. The average Bonchev–Trinajstić information content (AvgIpc) is 2.34. The first kappa shape index (κ1) is 15.5. The van der Waals surface area contributed by atoms with Crippen LogP contribution < -0.4 is 10.6 Å². The highest BCUT2D eigenvalue weighted by Gasteiger charge is 2.27. The van der Waals surface area contributed by atoms with E-state index in [1.54, 1.807) is 0 Å². The number of hydrogen-bond acceptors (Lipinski definition) is 2. The second-order valence-corrected chi connectivity index (χ2v) is 6.45. The minimum atomic E-state index is 0.232. The second kappa shape index (κ2) is 7.13. The van der Waals surface area contributed by atoms with Gasteiger partial charge in [0.25, 0.3) is 0 Å². The highest BCUT2D eigenvalue weighted by atomic mass is 16.1. The number of hydrogen-bond donors (Lipinski definition) is 2. The van der Waals surface area contributed by atoms with Crippen molar-refractivity contribution in [2.45, 2.75) is 53.4 Å². The largest absolute Gasteiger partial charge is 0.356 e. The number of rotatable bonds is 6. The molecule has 1 atom stereocenters. The molecule has 0 radical (unpaired) electrons. The van der Waals surface area contributed by atoms with Crippen molar-refractivity contribution in [2.75, 3.05) is 19.6 Å². The SMILES string of the molecule is CCC(CC(=O)NCC1(C)CCNCC1)C(C)C. The maximum atomic E-state index is 12.0. The van der Waals surface area contributed by atoms with Gasteiger partial charge in [-0.05, 0) is 43.2 Å². The van der Waals surface area contributed by atoms with Gasteiger partial charge < -0.3 is 10.6 Å². The predicted octanol–water partition coefficient (Wildman–Crippen LogP) is 2.56. The highest BCUT2D eigenvalue weighted by molar-refractivity contribution is 5.76. The molecule has 0 aromatic rings. The Labute approximate surface area is 112 Å². The summed E-state index contributed by atoms with van der Waals surface area (Å²) in [4.78, 5) is 12.0. The Balaban J connectivity index is 2.31. The molecule has 3 heteroatoms. The minimum absolute atomic E-state index is 0.232. The van der Waals surface area contributed by atoms with Crippen LogP contribution in [0.15, 0.2) is 0 Å². The molecule has 2 N–H and O–H groups in total. The van der Waals surface area contributed by atoms with E-state index in [1.165, 1.54) is 0 Å². The van der Waals surface area contributed by atoms with Crippen LogP contribution in [-0.4, -0.2) is 25.5 Å². The lowest BCUT2D eigenvalue weighted by atomic mass is 9.81. The van der Waals surface area contributed by atoms with Gasteiger partial charge in [0.1, 0.15) is 0 Å². The summed E-state index contributed by atoms with van der Waals surface area (Å²) in [6.07, 6.45) is 4.10. The lowest BCUT2D eigenvalue weighted by molar-refractivity contribution is -0.123. The molecule has 0 spiro atoms. The van der Waals surface area contributed by atoms with Gasteiger partial charge in [-0.25, -0.2) is 0 Å². The molecule has 1 amide bonds. The Hall–Kier alpha value is -0.570. The van der Waals surface area contributed by atoms with Crippen molar-refractivity contribution in [1.82, 2.24) is 10.6 Å². The van der Waals surface area contributed by atoms with Crippen LogP contribution in [-0.2, 0) is 4.79 Å². The topological polar surface area (TPSA) is 41.1 Å². The van der Waals surface area contributed by atoms with Crippen LogP contribution in [0.5, 0.6) is 0 Å². The Bertz CT molecular complexity index is 257. The van der Waals surface area contributed by atoms with Crippen LogP contribution in [0.2, 0.25) is 0 Å². The molecule has 1 unspecified atom stereocenters. The molecule has 1 aliphatic heterocycles. The lowest BCUT2D eigenvalue weighted by Gasteiger charge is -2.34. The average molecular weight is 254 g/mol. The Morgan fingerprint density at radius 1 is 1.33 bits per heavy atom. The standard InChI is InChI=1S/C15H30N2O/c1-5-13(12(2)3)10-14(18)17-11-15(4)6-8-16-9-7-15/h12-13,16H,5-11H2,1-4H3,(H,17,18). The van der Waals surface area contributed by atoms with Crippen LogP contribution in [0, 0.1) is 17.3 Å². The van der Waals surface area contributed by atoms with Gasteiger partial charge in [-0.15, -0.1) is 0 Å². The van der Waals surface area contributed by atoms with E-state index < -0.39 is 0 Å². The summed E-state index contributed by atoms with van der Waals surface area (Å²) >= 11 is 0. The van der Waals surface area contributed by atoms with Gasteiger partial charge >= 0.3 is 0 Å². The first-order chi connectivity index (χ1) is 8.47. The predicted molar refractivity (Wildman–Crippen MR) is 76.5 cm³/mol. The normalized spacial score (nSPS) is 20.7. The zero-order valence-electron chi connectivity index (χ0n) is 12.5. The van der Waals surface area contributed by atoms with Crippen molar-refractivity contribution in [3.05, 3.63) is 0 Å². The molecule has 0 saturated carbocycles. The minimum Gasteiger partial charge on any atom is -0.356 e. The molecule has 1 rings (SSSR count). The van der Waals surface area contributed by atoms with Crippen LogP contribution in [0.4, 0.5) is 0 Å². The molecule has 1 heterocycles. The van der Waals surface area contributed by atoms with E-state index in [2.05, 4.69) is 38.3 Å². The fraction of sp³-hybridized carbons (Fsp3) is 0.933. The first-order valence-corrected chi connectivity index (χ1v) is 7.44. The van der Waals surface area contributed by atoms with Crippen molar-refractivity contribution in [1.29, 1.82) is 0 Å². The Morgan fingerprint density at radius 3 is 2.44 bits per heavy atom. The summed E-state index contributed by atoms with van der Waals surface area (Å²) in [6, 6.07) is 0. The fourth-order valence-electron chi connectivity index (χ4n) is 2.68. The zero-order valence-corrected chi connectivity index (χ0v) is 12.5. The van der Waals surface area contributed by atoms with Gasteiger partial charge in [0.05, 0.1) is 0 Å². The van der Waals surface area contributed by atoms with Crippen molar-refractivity contribution in [3.63, 3.8) is 0 Å². The maximum absolute atomic E-state index is 12.0. The van der Waals surface area contributed by atoms with E-state index in [0.29, 0.717) is 23.7 Å². The van der Waals surface area contributed by atoms with Gasteiger partial charge in [0.2, 0.25) is 5.91 Å². The molecule has 0 bridgehead atoms. The van der Waals surface area contributed by atoms with Crippen molar-refractivity contribution < 1.29 is 4.79 Å². The van der Waals surface area contributed by atoms with Gasteiger partial charge in [-0.2, -0.15) is 0 Å². The third-order valence-electron chi connectivity index (χ3n) is 4.44. The summed E-state index contributed by atoms with van der Waals surface area (Å²) in [5, 5.41) is 6.52. The summed E-state index contributed by atoms with van der Waals surface area (Å²) in [5.74, 6) is 1.34. The number of nitrogens with one attached hydrogen (secondary N) is 2. The van der Waals surface area contributed by atoms with Gasteiger partial charge in [-0.1, -0.05) is 34.1 Å². The molecule has 1 saturated heterocycles. The zero-order chi connectivity index (χ0) is 13.6. The first-order valence-electron chi connectivity index (χ1n) is 7.44. The third kappa shape index (κ3) is 4.97. The molecule has 0 aromatic carbocycles. The summed E-state index contributed by atoms with van der Waals surface area (Å²) < 4.78 is 0. The molecule has 0 aliphatic carbocycles. The number of amides is 1. The van der Waals surface area contributed by atoms with E-state index in [0.717, 1.165) is 38.9 Å². The van der Waals surface area contributed by atoms with E-state index in [1.807, 2.05) is 0 Å². The van der Waals surface area contributed by atoms with Crippen molar-refractivity contribution in [3.8, 4) is 0 Å². The van der Waals surface area contributed by atoms with Gasteiger partial charge in [-0.3, -0.25) is 4.79 Å². The van der Waals surface area contributed by atoms with Crippen molar-refractivity contribution in [2.24, 2.45) is 17.3 Å². The Kier molecular flexibility index (Phi) is 6.13. The number of carbonyl (C=O) groups excluding carboxylic acids is 1. The van der Waals surface area contributed by atoms with Gasteiger partial charge in [0.15, 0.2) is 0 Å². The van der Waals surface area contributed by atoms with Crippen molar-refractivity contribution >= 4 is 5.91 Å². The van der Waals surface area contributed by atoms with E-state index in [4.69, 9.17) is 0 Å². The summed E-state index contributed by atoms with van der Waals surface area (Å²) in [7, 11) is 0. The Morgan fingerprint density at radius 2 is 1.94 bits per heavy atom. The third-order valence-corrected chi connectivity index (χ3v) is 4.44. The van der Waals surface area contributed by atoms with Crippen LogP contribution >= 0.6 is 0 Å². The smallest absolute Gasteiger partial charge is 0.220 e. The number of carbonyl (C=O) groups is 1. The van der Waals surface area contributed by atoms with E-state index in [9.17, 15) is 4.79 Å². The molecular formula is C15H30N2O. The maximum Gasteiger partial charge on any atom is 0.220 e. The highest BCUT2D eigenvalue weighted by Crippen LogP contribution is 2.27. The molecule has 106 valence electrons. The second-order valence-electron chi connectivity index (χ2n) is 6.45. The molecule has 0 aromatic heterocycles. The quantitative estimate of drug-likeness (QED) is 0.765. The van der Waals surface area contributed by atoms with Crippen LogP contribution in [0.1, 0.15) is 53.4 Å². The van der Waals surface area contributed by atoms with Crippen LogP contribution in [0.25, 0.3) is 0 Å². The molecule has 1 aliphatic rings. The van der Waals surface area contributed by atoms with E-state index in [-0.39, 0.29) is 5.91 Å². The molecule has 1 fully saturated rings. The molecule has 3 nitrogen and oxygen atoms in total. The van der Waals surface area contributed by atoms with E-state index >= 15 is 0 Å². The fourth-order valence-corrected chi connectivity index (χ4v) is 2.68. The summed E-state index contributed by atoms with van der Waals surface area (Å²) in [5.41, 5.74) is 0.292. The monoisotopic (exact) mass is 254 g/mol. The number of piperidine rings is 1. The lowest BCUT2D eigenvalue weighted by Crippen LogP contribution is -2.43. The molecule has 18 heavy (non-hydrogen) atoms. The summed E-state index contributed by atoms with van der Waals surface area (Å²) in [6.45, 7) is 11.9. The van der Waals surface area contributed by atoms with Crippen LogP contribution in [0.3, 0.4) is 0 Å². The van der Waals surface area contributed by atoms with Gasteiger partial charge in [0, 0.05) is 13.0 Å².